The SMILES string of the molecule is CCO[Si](OCC)(OCC)c1cccc(CC)c1[Si](OCC)(OCC)OCC. The zero-order valence-corrected chi connectivity index (χ0v) is 20.6. The van der Waals surface area contributed by atoms with Crippen LogP contribution < -0.4 is 10.4 Å². The summed E-state index contributed by atoms with van der Waals surface area (Å²) in [6, 6.07) is 6.15. The van der Waals surface area contributed by atoms with Crippen LogP contribution in [0, 0.1) is 0 Å². The van der Waals surface area contributed by atoms with Crippen LogP contribution >= 0.6 is 0 Å². The summed E-state index contributed by atoms with van der Waals surface area (Å²) in [4.78, 5) is 0. The molecule has 1 aromatic rings. The van der Waals surface area contributed by atoms with Crippen LogP contribution in [0.15, 0.2) is 18.2 Å². The maximum absolute atomic E-state index is 6.26. The summed E-state index contributed by atoms with van der Waals surface area (Å²) >= 11 is 0. The van der Waals surface area contributed by atoms with Crippen LogP contribution in [-0.2, 0) is 33.0 Å². The number of benzene rings is 1. The highest BCUT2D eigenvalue weighted by atomic mass is 28.4. The summed E-state index contributed by atoms with van der Waals surface area (Å²) in [6.07, 6.45) is 0.819. The third kappa shape index (κ3) is 5.73. The number of hydrogen-bond donors (Lipinski definition) is 0. The van der Waals surface area contributed by atoms with Crippen molar-refractivity contribution in [3.8, 4) is 0 Å². The minimum Gasteiger partial charge on any atom is -0.370 e. The summed E-state index contributed by atoms with van der Waals surface area (Å²) in [6.45, 7) is 16.9. The molecule has 0 unspecified atom stereocenters. The zero-order chi connectivity index (χ0) is 21.0. The van der Waals surface area contributed by atoms with Crippen LogP contribution in [0.1, 0.15) is 54.0 Å². The predicted octanol–water partition coefficient (Wildman–Crippen LogP) is 2.76. The van der Waals surface area contributed by atoms with Crippen molar-refractivity contribution in [1.29, 1.82) is 0 Å². The second-order valence-electron chi connectivity index (χ2n) is 5.90. The molecular formula is C20H38O6Si2. The molecule has 162 valence electrons. The lowest BCUT2D eigenvalue weighted by Gasteiger charge is -2.36. The van der Waals surface area contributed by atoms with Gasteiger partial charge >= 0.3 is 17.6 Å². The smallest absolute Gasteiger partial charge is 0.370 e. The second-order valence-corrected chi connectivity index (χ2v) is 10.9. The molecule has 0 aliphatic rings. The first-order chi connectivity index (χ1) is 13.5. The summed E-state index contributed by atoms with van der Waals surface area (Å²) in [5.74, 6) is 0. The normalized spacial score (nSPS) is 12.5. The molecule has 0 aliphatic heterocycles. The van der Waals surface area contributed by atoms with Crippen molar-refractivity contribution in [2.75, 3.05) is 39.6 Å². The molecule has 0 amide bonds. The van der Waals surface area contributed by atoms with E-state index in [0.717, 1.165) is 22.4 Å². The molecule has 1 aromatic carbocycles. The maximum atomic E-state index is 6.26. The van der Waals surface area contributed by atoms with Gasteiger partial charge in [-0.15, -0.1) is 0 Å². The minimum absolute atomic E-state index is 0.495. The fourth-order valence-corrected chi connectivity index (χ4v) is 9.78. The Labute approximate surface area is 173 Å². The summed E-state index contributed by atoms with van der Waals surface area (Å²) in [7, 11) is -6.35. The van der Waals surface area contributed by atoms with Crippen LogP contribution in [0.3, 0.4) is 0 Å². The van der Waals surface area contributed by atoms with Crippen LogP contribution in [-0.4, -0.2) is 57.3 Å². The molecule has 0 saturated carbocycles. The van der Waals surface area contributed by atoms with Gasteiger partial charge in [-0.1, -0.05) is 25.1 Å². The van der Waals surface area contributed by atoms with E-state index in [-0.39, 0.29) is 0 Å². The average molecular weight is 431 g/mol. The molecule has 0 atom stereocenters. The third-order valence-corrected chi connectivity index (χ3v) is 10.7. The van der Waals surface area contributed by atoms with Gasteiger partial charge in [0.25, 0.3) is 0 Å². The van der Waals surface area contributed by atoms with Crippen LogP contribution in [0.5, 0.6) is 0 Å². The Morgan fingerprint density at radius 2 is 0.964 bits per heavy atom. The minimum atomic E-state index is -3.18. The fourth-order valence-electron chi connectivity index (χ4n) is 3.35. The lowest BCUT2D eigenvalue weighted by Crippen LogP contribution is -2.71. The molecule has 0 fully saturated rings. The van der Waals surface area contributed by atoms with Crippen molar-refractivity contribution < 1.29 is 26.6 Å². The molecule has 6 nitrogen and oxygen atoms in total. The highest BCUT2D eigenvalue weighted by molar-refractivity contribution is 6.86. The fraction of sp³-hybridized carbons (Fsp3) is 0.700. The van der Waals surface area contributed by atoms with E-state index in [2.05, 4.69) is 13.0 Å². The first-order valence-electron chi connectivity index (χ1n) is 10.5. The van der Waals surface area contributed by atoms with Crippen molar-refractivity contribution in [3.05, 3.63) is 23.8 Å². The molecule has 1 rings (SSSR count). The Bertz CT molecular complexity index is 536. The summed E-state index contributed by atoms with van der Waals surface area (Å²) in [5.41, 5.74) is 1.12. The molecule has 0 spiro atoms. The molecule has 0 saturated heterocycles. The summed E-state index contributed by atoms with van der Waals surface area (Å²) < 4.78 is 37.4. The van der Waals surface area contributed by atoms with Crippen molar-refractivity contribution in [3.63, 3.8) is 0 Å². The van der Waals surface area contributed by atoms with E-state index in [0.29, 0.717) is 39.6 Å². The Hall–Kier alpha value is -0.586. The highest BCUT2D eigenvalue weighted by Crippen LogP contribution is 2.18. The van der Waals surface area contributed by atoms with Gasteiger partial charge in [0.05, 0.1) is 0 Å². The van der Waals surface area contributed by atoms with Gasteiger partial charge in [0.2, 0.25) is 0 Å². The first kappa shape index (κ1) is 25.5. The zero-order valence-electron chi connectivity index (χ0n) is 18.6. The van der Waals surface area contributed by atoms with Gasteiger partial charge in [-0.2, -0.15) is 0 Å². The van der Waals surface area contributed by atoms with Gasteiger partial charge in [-0.05, 0) is 53.5 Å². The van der Waals surface area contributed by atoms with Gasteiger partial charge in [0.15, 0.2) is 0 Å². The van der Waals surface area contributed by atoms with E-state index in [1.165, 1.54) is 0 Å². The van der Waals surface area contributed by atoms with Gasteiger partial charge in [0.1, 0.15) is 0 Å². The van der Waals surface area contributed by atoms with Crippen molar-refractivity contribution in [2.24, 2.45) is 0 Å². The maximum Gasteiger partial charge on any atom is 0.537 e. The van der Waals surface area contributed by atoms with E-state index in [4.69, 9.17) is 26.6 Å². The molecular weight excluding hydrogens is 392 g/mol. The van der Waals surface area contributed by atoms with Gasteiger partial charge in [-0.3, -0.25) is 0 Å². The number of rotatable bonds is 15. The van der Waals surface area contributed by atoms with Crippen LogP contribution in [0.25, 0.3) is 0 Å². The highest BCUT2D eigenvalue weighted by Gasteiger charge is 2.54. The lowest BCUT2D eigenvalue weighted by atomic mass is 10.2. The van der Waals surface area contributed by atoms with Crippen LogP contribution in [0.4, 0.5) is 0 Å². The topological polar surface area (TPSA) is 55.4 Å². The Morgan fingerprint density at radius 3 is 1.32 bits per heavy atom. The molecule has 0 bridgehead atoms. The van der Waals surface area contributed by atoms with E-state index in [1.54, 1.807) is 0 Å². The Balaban J connectivity index is 3.84. The van der Waals surface area contributed by atoms with E-state index in [1.807, 2.05) is 53.7 Å². The molecule has 28 heavy (non-hydrogen) atoms. The summed E-state index contributed by atoms with van der Waals surface area (Å²) in [5, 5.41) is 1.85. The molecule has 0 aromatic heterocycles. The van der Waals surface area contributed by atoms with Gasteiger partial charge in [0, 0.05) is 50.0 Å². The monoisotopic (exact) mass is 430 g/mol. The van der Waals surface area contributed by atoms with Gasteiger partial charge in [-0.25, -0.2) is 0 Å². The standard InChI is InChI=1S/C20H38O6Si2/c1-8-18-16-15-17-19(27(21-9-2,22-10-3)23-11-4)20(18)28(24-12-5,25-13-6)26-14-7/h15-17H,8-14H2,1-7H3. The van der Waals surface area contributed by atoms with E-state index in [9.17, 15) is 0 Å². The molecule has 0 heterocycles. The Kier molecular flexibility index (Phi) is 11.7. The third-order valence-electron chi connectivity index (χ3n) is 4.17. The number of hydrogen-bond acceptors (Lipinski definition) is 6. The number of aryl methyl sites for hydroxylation is 1. The van der Waals surface area contributed by atoms with E-state index < -0.39 is 17.6 Å². The van der Waals surface area contributed by atoms with Crippen molar-refractivity contribution in [2.45, 2.75) is 54.9 Å². The predicted molar refractivity (Wildman–Crippen MR) is 116 cm³/mol. The molecule has 0 aliphatic carbocycles. The van der Waals surface area contributed by atoms with Crippen molar-refractivity contribution >= 4 is 28.0 Å². The average Bonchev–Trinajstić information content (AvgIpc) is 2.68. The lowest BCUT2D eigenvalue weighted by molar-refractivity contribution is 0.0805. The molecule has 8 heteroatoms. The van der Waals surface area contributed by atoms with Gasteiger partial charge < -0.3 is 26.6 Å². The largest absolute Gasteiger partial charge is 0.537 e. The first-order valence-corrected chi connectivity index (χ1v) is 14.0. The quantitative estimate of drug-likeness (QED) is 0.399. The second kappa shape index (κ2) is 12.9. The molecule has 0 N–H and O–H groups in total. The van der Waals surface area contributed by atoms with Crippen LogP contribution in [0.2, 0.25) is 0 Å². The Morgan fingerprint density at radius 1 is 0.571 bits per heavy atom. The van der Waals surface area contributed by atoms with Crippen molar-refractivity contribution in [1.82, 2.24) is 0 Å². The molecule has 0 radical (unpaired) electrons. The van der Waals surface area contributed by atoms with E-state index >= 15 is 0 Å².